The minimum Gasteiger partial charge on any atom is -0.207 e. The predicted molar refractivity (Wildman–Crippen MR) is 70.8 cm³/mol. The molecule has 0 radical (unpaired) electrons. The van der Waals surface area contributed by atoms with Gasteiger partial charge in [0.15, 0.2) is 0 Å². The number of halogens is 1. The van der Waals surface area contributed by atoms with Crippen molar-refractivity contribution < 1.29 is 4.39 Å². The van der Waals surface area contributed by atoms with Crippen LogP contribution in [0.25, 0.3) is 0 Å². The smallest absolute Gasteiger partial charge is 0.123 e. The van der Waals surface area contributed by atoms with Crippen molar-refractivity contribution in [3.8, 4) is 0 Å². The lowest BCUT2D eigenvalue weighted by Gasteiger charge is -2.40. The summed E-state index contributed by atoms with van der Waals surface area (Å²) in [6, 6.07) is 5.62. The maximum absolute atomic E-state index is 13.6. The molecule has 0 fully saturated rings. The van der Waals surface area contributed by atoms with Gasteiger partial charge < -0.3 is 0 Å². The summed E-state index contributed by atoms with van der Waals surface area (Å²) >= 11 is 0. The lowest BCUT2D eigenvalue weighted by molar-refractivity contribution is 0.196. The zero-order chi connectivity index (χ0) is 13.0. The van der Waals surface area contributed by atoms with Crippen LogP contribution >= 0.6 is 0 Å². The molecule has 2 bridgehead atoms. The van der Waals surface area contributed by atoms with Crippen molar-refractivity contribution >= 4 is 0 Å². The van der Waals surface area contributed by atoms with Gasteiger partial charge >= 0.3 is 0 Å². The van der Waals surface area contributed by atoms with Gasteiger partial charge in [-0.15, -0.1) is 0 Å². The fourth-order valence-electron chi connectivity index (χ4n) is 3.38. The zero-order valence-electron chi connectivity index (χ0n) is 11.8. The molecule has 0 nitrogen and oxygen atoms in total. The molecular weight excluding hydrogens is 211 g/mol. The minimum absolute atomic E-state index is 0.0847. The van der Waals surface area contributed by atoms with Crippen LogP contribution in [0.1, 0.15) is 64.5 Å². The lowest BCUT2D eigenvalue weighted by Crippen LogP contribution is -2.29. The topological polar surface area (TPSA) is 0 Å². The third kappa shape index (κ3) is 2.12. The van der Waals surface area contributed by atoms with Gasteiger partial charge in [0.25, 0.3) is 0 Å². The summed E-state index contributed by atoms with van der Waals surface area (Å²) in [5.74, 6) is 0.752. The van der Waals surface area contributed by atoms with Crippen molar-refractivity contribution in [3.05, 3.63) is 35.1 Å². The molecule has 2 atom stereocenters. The van der Waals surface area contributed by atoms with Gasteiger partial charge in [-0.1, -0.05) is 47.6 Å². The summed E-state index contributed by atoms with van der Waals surface area (Å²) in [7, 11) is 0. The third-order valence-corrected chi connectivity index (χ3v) is 3.86. The Morgan fingerprint density at radius 1 is 0.765 bits per heavy atom. The Morgan fingerprint density at radius 3 is 1.41 bits per heavy atom. The monoisotopic (exact) mass is 234 g/mol. The van der Waals surface area contributed by atoms with Crippen molar-refractivity contribution in [1.29, 1.82) is 0 Å². The molecule has 1 heteroatoms. The molecule has 1 aliphatic carbocycles. The summed E-state index contributed by atoms with van der Waals surface area (Å²) in [6.07, 6.45) is 0. The van der Waals surface area contributed by atoms with Gasteiger partial charge in [-0.25, -0.2) is 4.39 Å². The Balaban J connectivity index is 2.56. The molecule has 94 valence electrons. The highest BCUT2D eigenvalue weighted by Gasteiger charge is 2.44. The van der Waals surface area contributed by atoms with Crippen molar-refractivity contribution in [2.45, 2.75) is 53.4 Å². The molecule has 2 unspecified atom stereocenters. The molecule has 0 amide bonds. The van der Waals surface area contributed by atoms with Crippen molar-refractivity contribution in [1.82, 2.24) is 0 Å². The largest absolute Gasteiger partial charge is 0.207 e. The van der Waals surface area contributed by atoms with Gasteiger partial charge in [0, 0.05) is 0 Å². The summed E-state index contributed by atoms with van der Waals surface area (Å²) in [4.78, 5) is 0. The highest BCUT2D eigenvalue weighted by atomic mass is 19.1. The van der Waals surface area contributed by atoms with Crippen LogP contribution in [-0.2, 0) is 0 Å². The number of benzene rings is 1. The summed E-state index contributed by atoms with van der Waals surface area (Å²) in [5, 5.41) is 0. The van der Waals surface area contributed by atoms with Crippen molar-refractivity contribution in [2.75, 3.05) is 0 Å². The van der Waals surface area contributed by atoms with Crippen LogP contribution in [0, 0.1) is 16.6 Å². The first-order chi connectivity index (χ1) is 7.60. The SMILES string of the molecule is CC(C)(C)C1c2cc(F)cc(c2)C1C(C)(C)C. The molecule has 0 aromatic heterocycles. The minimum atomic E-state index is -0.0847. The molecule has 2 rings (SSSR count). The fourth-order valence-corrected chi connectivity index (χ4v) is 3.38. The fraction of sp³-hybridized carbons (Fsp3) is 0.625. The van der Waals surface area contributed by atoms with Crippen LogP contribution in [0.2, 0.25) is 0 Å². The molecule has 0 heterocycles. The van der Waals surface area contributed by atoms with E-state index >= 15 is 0 Å². The van der Waals surface area contributed by atoms with E-state index in [2.05, 4.69) is 47.6 Å². The first-order valence-corrected chi connectivity index (χ1v) is 6.41. The van der Waals surface area contributed by atoms with Gasteiger partial charge in [-0.2, -0.15) is 0 Å². The number of hydrogen-bond acceptors (Lipinski definition) is 0. The molecule has 0 spiro atoms. The average molecular weight is 234 g/mol. The normalized spacial score (nSPS) is 24.2. The van der Waals surface area contributed by atoms with E-state index in [0.717, 1.165) is 0 Å². The standard InChI is InChI=1S/C16H23F/c1-15(2,3)13-10-7-11(9-12(17)8-10)14(13)16(4,5)6/h7-9,13-14H,1-6H3. The quantitative estimate of drug-likeness (QED) is 0.586. The Labute approximate surface area is 104 Å². The average Bonchev–Trinajstić information content (AvgIpc) is 2.35. The number of fused-ring (bicyclic) bond motifs is 2. The molecule has 17 heavy (non-hydrogen) atoms. The van der Waals surface area contributed by atoms with Crippen LogP contribution < -0.4 is 0 Å². The van der Waals surface area contributed by atoms with E-state index in [1.54, 1.807) is 12.1 Å². The highest BCUT2D eigenvalue weighted by Crippen LogP contribution is 2.57. The summed E-state index contributed by atoms with van der Waals surface area (Å²) in [6.45, 7) is 13.5. The lowest BCUT2D eigenvalue weighted by atomic mass is 9.64. The maximum atomic E-state index is 13.6. The van der Waals surface area contributed by atoms with Gasteiger partial charge in [0.2, 0.25) is 0 Å². The number of hydrogen-bond donors (Lipinski definition) is 0. The van der Waals surface area contributed by atoms with Crippen LogP contribution in [-0.4, -0.2) is 0 Å². The molecule has 0 saturated heterocycles. The van der Waals surface area contributed by atoms with Gasteiger partial charge in [-0.3, -0.25) is 0 Å². The summed E-state index contributed by atoms with van der Waals surface area (Å²) in [5.41, 5.74) is 2.68. The second-order valence-corrected chi connectivity index (χ2v) is 7.51. The van der Waals surface area contributed by atoms with Gasteiger partial charge in [-0.05, 0) is 45.9 Å². The van der Waals surface area contributed by atoms with E-state index in [1.807, 2.05) is 0 Å². The molecular formula is C16H23F. The van der Waals surface area contributed by atoms with Gasteiger partial charge in [0.1, 0.15) is 5.82 Å². The van der Waals surface area contributed by atoms with Crippen LogP contribution in [0.4, 0.5) is 4.39 Å². The second-order valence-electron chi connectivity index (χ2n) is 7.51. The summed E-state index contributed by atoms with van der Waals surface area (Å²) < 4.78 is 13.6. The molecule has 1 aromatic carbocycles. The van der Waals surface area contributed by atoms with E-state index in [9.17, 15) is 4.39 Å². The third-order valence-electron chi connectivity index (χ3n) is 3.86. The van der Waals surface area contributed by atoms with Crippen LogP contribution in [0.3, 0.4) is 0 Å². The Kier molecular flexibility index (Phi) is 2.65. The molecule has 0 N–H and O–H groups in total. The van der Waals surface area contributed by atoms with E-state index in [-0.39, 0.29) is 16.6 Å². The first kappa shape index (κ1) is 12.6. The predicted octanol–water partition coefficient (Wildman–Crippen LogP) is 5.10. The van der Waals surface area contributed by atoms with Crippen molar-refractivity contribution in [3.63, 3.8) is 0 Å². The van der Waals surface area contributed by atoms with Crippen LogP contribution in [0.15, 0.2) is 18.2 Å². The zero-order valence-corrected chi connectivity index (χ0v) is 11.8. The van der Waals surface area contributed by atoms with E-state index in [0.29, 0.717) is 11.8 Å². The van der Waals surface area contributed by atoms with E-state index in [1.165, 1.54) is 11.1 Å². The van der Waals surface area contributed by atoms with E-state index in [4.69, 9.17) is 0 Å². The Morgan fingerprint density at radius 2 is 1.12 bits per heavy atom. The molecule has 0 aliphatic heterocycles. The Hall–Kier alpha value is -0.850. The molecule has 1 aromatic rings. The number of rotatable bonds is 0. The second kappa shape index (κ2) is 3.57. The van der Waals surface area contributed by atoms with E-state index < -0.39 is 0 Å². The van der Waals surface area contributed by atoms with Gasteiger partial charge in [0.05, 0.1) is 0 Å². The molecule has 1 aliphatic rings. The molecule has 0 saturated carbocycles. The Bertz CT molecular complexity index is 394. The maximum Gasteiger partial charge on any atom is 0.123 e. The first-order valence-electron chi connectivity index (χ1n) is 6.41. The van der Waals surface area contributed by atoms with Crippen molar-refractivity contribution in [2.24, 2.45) is 10.8 Å². The highest BCUT2D eigenvalue weighted by molar-refractivity contribution is 5.42. The van der Waals surface area contributed by atoms with Crippen LogP contribution in [0.5, 0.6) is 0 Å².